The zero-order valence-corrected chi connectivity index (χ0v) is 11.7. The van der Waals surface area contributed by atoms with Gasteiger partial charge in [0.25, 0.3) is 0 Å². The van der Waals surface area contributed by atoms with Gasteiger partial charge in [0.05, 0.1) is 0 Å². The Hall–Kier alpha value is -1.57. The van der Waals surface area contributed by atoms with Crippen molar-refractivity contribution in [2.75, 3.05) is 0 Å². The number of carbonyl (C=O) groups is 1. The fourth-order valence-corrected chi connectivity index (χ4v) is 2.06. The van der Waals surface area contributed by atoms with E-state index in [2.05, 4.69) is 16.0 Å². The Morgan fingerprint density at radius 1 is 0.833 bits per heavy atom. The summed E-state index contributed by atoms with van der Waals surface area (Å²) in [6.45, 7) is 1.25. The summed E-state index contributed by atoms with van der Waals surface area (Å²) in [4.78, 5) is 13.4. The van der Waals surface area contributed by atoms with Crippen molar-refractivity contribution in [2.24, 2.45) is 0 Å². The van der Waals surface area contributed by atoms with Crippen LogP contribution in [0.15, 0.2) is 60.7 Å². The molecule has 1 amide bonds. The van der Waals surface area contributed by atoms with Crippen molar-refractivity contribution >= 4 is 20.8 Å². The van der Waals surface area contributed by atoms with Crippen LogP contribution < -0.4 is 0 Å². The molecule has 0 spiro atoms. The van der Waals surface area contributed by atoms with E-state index in [1.165, 1.54) is 0 Å². The second-order valence-corrected chi connectivity index (χ2v) is 4.83. The van der Waals surface area contributed by atoms with Crippen molar-refractivity contribution in [2.45, 2.75) is 13.1 Å². The Balaban J connectivity index is 2.08. The van der Waals surface area contributed by atoms with Crippen LogP contribution in [0.2, 0.25) is 0 Å². The molecule has 0 radical (unpaired) electrons. The van der Waals surface area contributed by atoms with E-state index < -0.39 is 0 Å². The van der Waals surface area contributed by atoms with Crippen molar-refractivity contribution in [1.29, 1.82) is 0 Å². The van der Waals surface area contributed by atoms with E-state index in [9.17, 15) is 4.79 Å². The van der Waals surface area contributed by atoms with Gasteiger partial charge in [0.2, 0.25) is 0 Å². The van der Waals surface area contributed by atoms with Crippen LogP contribution in [-0.2, 0) is 13.1 Å². The van der Waals surface area contributed by atoms with Gasteiger partial charge < -0.3 is 0 Å². The molecule has 0 saturated carbocycles. The second-order valence-electron chi connectivity index (χ2n) is 4.09. The Bertz CT molecular complexity index is 457. The molecule has 0 saturated heterocycles. The Labute approximate surface area is 115 Å². The summed E-state index contributed by atoms with van der Waals surface area (Å²) in [6.07, 6.45) is 0. The fraction of sp³-hybridized carbons (Fsp3) is 0.133. The molecule has 0 aliphatic heterocycles. The normalized spacial score (nSPS) is 10.0. The van der Waals surface area contributed by atoms with Gasteiger partial charge in [0.1, 0.15) is 0 Å². The number of nitrogens with zero attached hydrogens (tertiary/aromatic N) is 1. The SMILES string of the molecule is O=C([Se-])N(Cc1ccccc1)Cc1ccccc1. The first-order valence-electron chi connectivity index (χ1n) is 5.79. The zero-order chi connectivity index (χ0) is 12.8. The standard InChI is InChI=1S/C15H15NOSe/c17-15(18)16(11-13-7-3-1-4-8-13)12-14-9-5-2-6-10-14/h1-10H,11-12H2,(H,17,18)/p-1. The van der Waals surface area contributed by atoms with Gasteiger partial charge in [0.15, 0.2) is 0 Å². The zero-order valence-electron chi connectivity index (χ0n) is 9.95. The summed E-state index contributed by atoms with van der Waals surface area (Å²) in [5.41, 5.74) is 2.27. The van der Waals surface area contributed by atoms with Crippen molar-refractivity contribution in [3.8, 4) is 0 Å². The average Bonchev–Trinajstić information content (AvgIpc) is 2.40. The van der Waals surface area contributed by atoms with Crippen LogP contribution >= 0.6 is 0 Å². The van der Waals surface area contributed by atoms with Gasteiger partial charge in [-0.1, -0.05) is 0 Å². The quantitative estimate of drug-likeness (QED) is 0.795. The summed E-state index contributed by atoms with van der Waals surface area (Å²) in [5.74, 6) is 0. The molecule has 0 fully saturated rings. The number of benzene rings is 2. The molecule has 0 aromatic heterocycles. The van der Waals surface area contributed by atoms with Crippen molar-refractivity contribution in [1.82, 2.24) is 4.90 Å². The van der Waals surface area contributed by atoms with Crippen molar-refractivity contribution in [3.05, 3.63) is 71.8 Å². The number of hydrogen-bond acceptors (Lipinski definition) is 1. The number of amides is 1. The Kier molecular flexibility index (Phi) is 4.57. The van der Waals surface area contributed by atoms with E-state index in [0.717, 1.165) is 11.1 Å². The van der Waals surface area contributed by atoms with E-state index in [1.54, 1.807) is 4.90 Å². The average molecular weight is 303 g/mol. The third-order valence-electron chi connectivity index (χ3n) is 2.69. The van der Waals surface area contributed by atoms with Crippen LogP contribution in [-0.4, -0.2) is 25.7 Å². The fourth-order valence-electron chi connectivity index (χ4n) is 1.79. The van der Waals surface area contributed by atoms with Crippen LogP contribution in [0, 0.1) is 0 Å². The Morgan fingerprint density at radius 2 is 1.22 bits per heavy atom. The van der Waals surface area contributed by atoms with Crippen LogP contribution in [0.1, 0.15) is 11.1 Å². The van der Waals surface area contributed by atoms with Crippen LogP contribution in [0.3, 0.4) is 0 Å². The van der Waals surface area contributed by atoms with Gasteiger partial charge in [-0.3, -0.25) is 0 Å². The molecule has 0 aliphatic rings. The first-order valence-corrected chi connectivity index (χ1v) is 6.65. The molecule has 2 aromatic carbocycles. The molecule has 2 rings (SSSR count). The maximum atomic E-state index is 11.6. The van der Waals surface area contributed by atoms with Gasteiger partial charge >= 0.3 is 115 Å². The third-order valence-corrected chi connectivity index (χ3v) is 3.23. The minimum absolute atomic E-state index is 0.0253. The Morgan fingerprint density at radius 3 is 1.56 bits per heavy atom. The molecule has 0 unspecified atom stereocenters. The first kappa shape index (κ1) is 12.9. The maximum absolute atomic E-state index is 11.6. The number of hydrogen-bond donors (Lipinski definition) is 0. The topological polar surface area (TPSA) is 20.3 Å². The van der Waals surface area contributed by atoms with E-state index >= 15 is 0 Å². The number of rotatable bonds is 4. The molecular formula is C15H14NOSe-. The summed E-state index contributed by atoms with van der Waals surface area (Å²) in [7, 11) is 0. The molecule has 92 valence electrons. The summed E-state index contributed by atoms with van der Waals surface area (Å²) in [5, 5.41) is 0. The molecule has 0 N–H and O–H groups in total. The van der Waals surface area contributed by atoms with Gasteiger partial charge in [-0.25, -0.2) is 0 Å². The van der Waals surface area contributed by atoms with Gasteiger partial charge in [-0.2, -0.15) is 0 Å². The number of carbonyl (C=O) groups excluding carboxylic acids is 1. The predicted octanol–water partition coefficient (Wildman–Crippen LogP) is 2.98. The van der Waals surface area contributed by atoms with Crippen molar-refractivity contribution in [3.63, 3.8) is 0 Å². The molecule has 0 aliphatic carbocycles. The van der Waals surface area contributed by atoms with Crippen LogP contribution in [0.4, 0.5) is 4.79 Å². The first-order chi connectivity index (χ1) is 8.75. The monoisotopic (exact) mass is 304 g/mol. The van der Waals surface area contributed by atoms with E-state index in [0.29, 0.717) is 13.1 Å². The van der Waals surface area contributed by atoms with E-state index in [1.807, 2.05) is 60.7 Å². The van der Waals surface area contributed by atoms with Crippen LogP contribution in [0.5, 0.6) is 0 Å². The summed E-state index contributed by atoms with van der Waals surface area (Å²) < 4.78 is 0. The van der Waals surface area contributed by atoms with Crippen molar-refractivity contribution < 1.29 is 4.79 Å². The minimum atomic E-state index is -0.0253. The second kappa shape index (κ2) is 6.39. The summed E-state index contributed by atoms with van der Waals surface area (Å²) >= 11 is 2.57. The molecule has 0 heterocycles. The molecule has 3 heteroatoms. The molecule has 0 atom stereocenters. The molecule has 0 bridgehead atoms. The molecule has 2 nitrogen and oxygen atoms in total. The third kappa shape index (κ3) is 3.73. The molecule has 2 aromatic rings. The van der Waals surface area contributed by atoms with Gasteiger partial charge in [-0.15, -0.1) is 0 Å². The van der Waals surface area contributed by atoms with Gasteiger partial charge in [-0.05, 0) is 0 Å². The van der Waals surface area contributed by atoms with Crippen LogP contribution in [0.25, 0.3) is 0 Å². The molecule has 18 heavy (non-hydrogen) atoms. The van der Waals surface area contributed by atoms with E-state index in [4.69, 9.17) is 0 Å². The summed E-state index contributed by atoms with van der Waals surface area (Å²) in [6, 6.07) is 20.0. The predicted molar refractivity (Wildman–Crippen MR) is 73.3 cm³/mol. The van der Waals surface area contributed by atoms with Gasteiger partial charge in [0, 0.05) is 0 Å². The molecular weight excluding hydrogens is 289 g/mol. The van der Waals surface area contributed by atoms with E-state index in [-0.39, 0.29) is 4.81 Å².